The van der Waals surface area contributed by atoms with Crippen LogP contribution in [0, 0.1) is 0 Å². The third-order valence-electron chi connectivity index (χ3n) is 6.44. The zero-order valence-electron chi connectivity index (χ0n) is 19.3. The van der Waals surface area contributed by atoms with Crippen molar-refractivity contribution >= 4 is 29.1 Å². The Kier molecular flexibility index (Phi) is 6.91. The molecule has 3 amide bonds. The van der Waals surface area contributed by atoms with Gasteiger partial charge in [-0.15, -0.1) is 0 Å². The van der Waals surface area contributed by atoms with E-state index in [2.05, 4.69) is 15.2 Å². The van der Waals surface area contributed by atoms with E-state index in [1.165, 1.54) is 0 Å². The summed E-state index contributed by atoms with van der Waals surface area (Å²) in [5.41, 5.74) is 2.96. The van der Waals surface area contributed by atoms with Crippen molar-refractivity contribution in [1.29, 1.82) is 0 Å². The fourth-order valence-electron chi connectivity index (χ4n) is 4.65. The van der Waals surface area contributed by atoms with Crippen molar-refractivity contribution in [3.63, 3.8) is 0 Å². The van der Waals surface area contributed by atoms with E-state index < -0.39 is 0 Å². The number of anilines is 2. The van der Waals surface area contributed by atoms with Crippen molar-refractivity contribution in [3.8, 4) is 0 Å². The van der Waals surface area contributed by atoms with Crippen LogP contribution in [-0.4, -0.2) is 59.8 Å². The Hall–Kier alpha value is -3.42. The number of rotatable bonds is 7. The van der Waals surface area contributed by atoms with Crippen LogP contribution < -0.4 is 15.1 Å². The molecule has 0 bridgehead atoms. The van der Waals surface area contributed by atoms with Crippen molar-refractivity contribution in [2.75, 3.05) is 36.0 Å². The lowest BCUT2D eigenvalue weighted by Crippen LogP contribution is -2.57. The number of nitrogens with one attached hydrogen (secondary N) is 1. The Morgan fingerprint density at radius 1 is 1.15 bits per heavy atom. The van der Waals surface area contributed by atoms with Crippen LogP contribution in [0.2, 0.25) is 0 Å². The lowest BCUT2D eigenvalue weighted by Gasteiger charge is -2.45. The fraction of sp³-hybridized carbons (Fsp3) is 0.440. The van der Waals surface area contributed by atoms with Crippen molar-refractivity contribution in [2.45, 2.75) is 45.7 Å². The smallest absolute Gasteiger partial charge is 0.253 e. The molecule has 0 unspecified atom stereocenters. The number of nitrogens with zero attached hydrogens (tertiary/aromatic N) is 4. The van der Waals surface area contributed by atoms with E-state index in [1.807, 2.05) is 38.1 Å². The maximum atomic E-state index is 13.5. The number of hydrogen-bond donors (Lipinski definition) is 1. The van der Waals surface area contributed by atoms with E-state index in [4.69, 9.17) is 0 Å². The van der Waals surface area contributed by atoms with Crippen LogP contribution in [0.1, 0.15) is 49.0 Å². The van der Waals surface area contributed by atoms with Gasteiger partial charge >= 0.3 is 0 Å². The molecule has 0 aliphatic carbocycles. The molecule has 1 aromatic heterocycles. The zero-order chi connectivity index (χ0) is 23.4. The number of pyridine rings is 1. The molecular weight excluding hydrogens is 418 g/mol. The van der Waals surface area contributed by atoms with Gasteiger partial charge in [0, 0.05) is 44.1 Å². The number of benzene rings is 1. The predicted octanol–water partition coefficient (Wildman–Crippen LogP) is 2.59. The number of amides is 3. The van der Waals surface area contributed by atoms with Gasteiger partial charge < -0.3 is 15.1 Å². The minimum absolute atomic E-state index is 0.0722. The molecule has 1 saturated heterocycles. The van der Waals surface area contributed by atoms with Gasteiger partial charge in [0.1, 0.15) is 12.6 Å². The molecule has 8 nitrogen and oxygen atoms in total. The first kappa shape index (κ1) is 22.8. The molecule has 4 rings (SSSR count). The monoisotopic (exact) mass is 449 g/mol. The van der Waals surface area contributed by atoms with E-state index >= 15 is 0 Å². The third kappa shape index (κ3) is 4.69. The quantitative estimate of drug-likeness (QED) is 0.702. The van der Waals surface area contributed by atoms with E-state index in [1.54, 1.807) is 28.3 Å². The highest BCUT2D eigenvalue weighted by atomic mass is 16.2. The summed E-state index contributed by atoms with van der Waals surface area (Å²) in [6.45, 7) is 6.17. The summed E-state index contributed by atoms with van der Waals surface area (Å²) < 4.78 is 0. The zero-order valence-corrected chi connectivity index (χ0v) is 19.3. The molecule has 1 aromatic carbocycles. The number of fused-ring (bicyclic) bond motifs is 3. The number of carbonyl (C=O) groups is 3. The number of aromatic nitrogens is 1. The van der Waals surface area contributed by atoms with Gasteiger partial charge in [-0.05, 0) is 62.9 Å². The van der Waals surface area contributed by atoms with Gasteiger partial charge in [-0.25, -0.2) is 0 Å². The minimum atomic E-state index is -0.262. The van der Waals surface area contributed by atoms with Gasteiger partial charge in [0.2, 0.25) is 11.8 Å². The Morgan fingerprint density at radius 3 is 2.70 bits per heavy atom. The first-order valence-electron chi connectivity index (χ1n) is 11.7. The number of piperidine rings is 1. The van der Waals surface area contributed by atoms with Gasteiger partial charge in [0.25, 0.3) is 5.91 Å². The van der Waals surface area contributed by atoms with Crippen LogP contribution in [0.15, 0.2) is 42.7 Å². The molecule has 1 fully saturated rings. The van der Waals surface area contributed by atoms with Gasteiger partial charge in [0.15, 0.2) is 0 Å². The number of carbonyl (C=O) groups excluding carboxylic acids is 3. The molecule has 2 aliphatic rings. The predicted molar refractivity (Wildman–Crippen MR) is 127 cm³/mol. The van der Waals surface area contributed by atoms with Gasteiger partial charge in [-0.3, -0.25) is 24.3 Å². The van der Waals surface area contributed by atoms with Crippen LogP contribution in [0.25, 0.3) is 0 Å². The molecular formula is C25H31N5O3. The fourth-order valence-corrected chi connectivity index (χ4v) is 4.65. The molecule has 0 radical (unpaired) electrons. The summed E-state index contributed by atoms with van der Waals surface area (Å²) in [6, 6.07) is 8.98. The van der Waals surface area contributed by atoms with Crippen LogP contribution in [0.3, 0.4) is 0 Å². The van der Waals surface area contributed by atoms with E-state index in [0.29, 0.717) is 30.9 Å². The number of hydrogen-bond acceptors (Lipinski definition) is 5. The maximum absolute atomic E-state index is 13.5. The highest BCUT2D eigenvalue weighted by Crippen LogP contribution is 2.40. The Labute approximate surface area is 194 Å². The summed E-state index contributed by atoms with van der Waals surface area (Å²) in [5, 5.41) is 2.88. The topological polar surface area (TPSA) is 85.9 Å². The summed E-state index contributed by atoms with van der Waals surface area (Å²) >= 11 is 0. The van der Waals surface area contributed by atoms with Crippen LogP contribution in [0.5, 0.6) is 0 Å². The average molecular weight is 450 g/mol. The van der Waals surface area contributed by atoms with Crippen molar-refractivity contribution in [1.82, 2.24) is 15.2 Å². The van der Waals surface area contributed by atoms with E-state index in [0.717, 1.165) is 37.1 Å². The normalized spacial score (nSPS) is 17.3. The Bertz CT molecular complexity index is 1020. The Morgan fingerprint density at radius 2 is 1.97 bits per heavy atom. The van der Waals surface area contributed by atoms with Crippen molar-refractivity contribution in [2.24, 2.45) is 0 Å². The molecule has 0 spiro atoms. The second-order valence-electron chi connectivity index (χ2n) is 8.45. The second kappa shape index (κ2) is 10.0. The van der Waals surface area contributed by atoms with E-state index in [-0.39, 0.29) is 30.3 Å². The largest absolute Gasteiger partial charge is 0.358 e. The second-order valence-corrected chi connectivity index (χ2v) is 8.45. The van der Waals surface area contributed by atoms with E-state index in [9.17, 15) is 14.4 Å². The summed E-state index contributed by atoms with van der Waals surface area (Å²) in [7, 11) is 0. The van der Waals surface area contributed by atoms with Crippen molar-refractivity contribution < 1.29 is 14.4 Å². The summed E-state index contributed by atoms with van der Waals surface area (Å²) in [5.74, 6) is -0.397. The van der Waals surface area contributed by atoms with Crippen LogP contribution >= 0.6 is 0 Å². The standard InChI is InChI=1S/C25H31N5O3/c1-3-28(4-2)24(32)19-10-11-20-22(14-19)30(25(33)21-9-5-6-13-29(20)21)17-23(31)27-16-18-8-7-12-26-15-18/h7-8,10-12,14-15,21H,3-6,9,13,16-17H2,1-2H3,(H,27,31)/t21-/m0/s1. The summed E-state index contributed by atoms with van der Waals surface area (Å²) in [4.78, 5) is 48.7. The molecule has 1 atom stereocenters. The molecule has 33 heavy (non-hydrogen) atoms. The van der Waals surface area contributed by atoms with Gasteiger partial charge in [-0.2, -0.15) is 0 Å². The lowest BCUT2D eigenvalue weighted by molar-refractivity contribution is -0.125. The van der Waals surface area contributed by atoms with Crippen LogP contribution in [0.4, 0.5) is 11.4 Å². The van der Waals surface area contributed by atoms with Crippen LogP contribution in [-0.2, 0) is 16.1 Å². The van der Waals surface area contributed by atoms with Gasteiger partial charge in [-0.1, -0.05) is 6.07 Å². The van der Waals surface area contributed by atoms with Crippen molar-refractivity contribution in [3.05, 3.63) is 53.9 Å². The first-order valence-corrected chi connectivity index (χ1v) is 11.7. The maximum Gasteiger partial charge on any atom is 0.253 e. The highest BCUT2D eigenvalue weighted by molar-refractivity contribution is 6.09. The first-order chi connectivity index (χ1) is 16.0. The molecule has 2 aliphatic heterocycles. The molecule has 2 aromatic rings. The molecule has 0 saturated carbocycles. The molecule has 174 valence electrons. The minimum Gasteiger partial charge on any atom is -0.358 e. The lowest BCUT2D eigenvalue weighted by atomic mass is 9.95. The molecule has 8 heteroatoms. The van der Waals surface area contributed by atoms with Gasteiger partial charge in [0.05, 0.1) is 11.4 Å². The average Bonchev–Trinajstić information content (AvgIpc) is 2.86. The Balaban J connectivity index is 1.61. The highest BCUT2D eigenvalue weighted by Gasteiger charge is 2.40. The molecule has 1 N–H and O–H groups in total. The SMILES string of the molecule is CCN(CC)C(=O)c1ccc2c(c1)N(CC(=O)NCc1cccnc1)C(=O)[C@@H]1CCCCN21. The molecule has 3 heterocycles. The third-order valence-corrected chi connectivity index (χ3v) is 6.44. The summed E-state index contributed by atoms with van der Waals surface area (Å²) in [6.07, 6.45) is 6.16.